The highest BCUT2D eigenvalue weighted by molar-refractivity contribution is 8.93. The van der Waals surface area contributed by atoms with Crippen molar-refractivity contribution in [2.75, 3.05) is 14.2 Å². The van der Waals surface area contributed by atoms with Gasteiger partial charge >= 0.3 is 0 Å². The summed E-state index contributed by atoms with van der Waals surface area (Å²) >= 11 is 0. The number of methoxy groups -OCH3 is 2. The molecule has 0 radical (unpaired) electrons. The summed E-state index contributed by atoms with van der Waals surface area (Å²) in [5, 5.41) is 2.75. The molecule has 4 heteroatoms. The minimum Gasteiger partial charge on any atom is -0.497 e. The van der Waals surface area contributed by atoms with E-state index in [1.54, 1.807) is 14.2 Å². The molecular formula is C17H22BrO2P. The Morgan fingerprint density at radius 1 is 0.714 bits per heavy atom. The number of hydrogen-bond donors (Lipinski definition) is 0. The van der Waals surface area contributed by atoms with Gasteiger partial charge in [0.1, 0.15) is 11.5 Å². The van der Waals surface area contributed by atoms with Gasteiger partial charge in [-0.15, -0.1) is 17.0 Å². The van der Waals surface area contributed by atoms with Gasteiger partial charge in [-0.25, -0.2) is 0 Å². The zero-order chi connectivity index (χ0) is 14.5. The molecule has 0 aliphatic carbocycles. The van der Waals surface area contributed by atoms with Crippen LogP contribution in [0.4, 0.5) is 0 Å². The molecule has 0 aromatic heterocycles. The molecule has 21 heavy (non-hydrogen) atoms. The Morgan fingerprint density at radius 3 is 1.29 bits per heavy atom. The molecule has 2 aromatic rings. The van der Waals surface area contributed by atoms with Gasteiger partial charge in [0.15, 0.2) is 0 Å². The third kappa shape index (κ3) is 4.46. The van der Waals surface area contributed by atoms with Crippen LogP contribution < -0.4 is 20.1 Å². The Labute approximate surface area is 139 Å². The summed E-state index contributed by atoms with van der Waals surface area (Å²) in [7, 11) is 3.04. The van der Waals surface area contributed by atoms with Crippen molar-refractivity contribution in [3.63, 3.8) is 0 Å². The number of rotatable bonds is 5. The van der Waals surface area contributed by atoms with Gasteiger partial charge in [-0.3, -0.25) is 0 Å². The molecule has 0 saturated heterocycles. The first-order valence-corrected chi connectivity index (χ1v) is 8.14. The first kappa shape index (κ1) is 18.0. The van der Waals surface area contributed by atoms with E-state index >= 15 is 0 Å². The van der Waals surface area contributed by atoms with Gasteiger partial charge in [0.2, 0.25) is 0 Å². The van der Waals surface area contributed by atoms with E-state index in [-0.39, 0.29) is 24.9 Å². The fourth-order valence-corrected chi connectivity index (χ4v) is 4.66. The highest BCUT2D eigenvalue weighted by Gasteiger charge is 2.17. The molecule has 2 nitrogen and oxygen atoms in total. The zero-order valence-electron chi connectivity index (χ0n) is 12.9. The first-order valence-electron chi connectivity index (χ1n) is 6.73. The van der Waals surface area contributed by atoms with Crippen molar-refractivity contribution in [2.24, 2.45) is 0 Å². The van der Waals surface area contributed by atoms with E-state index in [9.17, 15) is 0 Å². The van der Waals surface area contributed by atoms with E-state index in [4.69, 9.17) is 9.47 Å². The fraction of sp³-hybridized carbons (Fsp3) is 0.294. The lowest BCUT2D eigenvalue weighted by molar-refractivity contribution is 0.415. The van der Waals surface area contributed by atoms with E-state index in [2.05, 4.69) is 38.1 Å². The average Bonchev–Trinajstić information content (AvgIpc) is 2.48. The molecule has 0 unspecified atom stereocenters. The van der Waals surface area contributed by atoms with Gasteiger partial charge in [-0.1, -0.05) is 38.1 Å². The van der Waals surface area contributed by atoms with Gasteiger partial charge in [0.25, 0.3) is 0 Å². The number of ether oxygens (including phenoxy) is 2. The molecule has 0 saturated carbocycles. The third-order valence-corrected chi connectivity index (χ3v) is 5.96. The van der Waals surface area contributed by atoms with Crippen molar-refractivity contribution in [2.45, 2.75) is 19.5 Å². The Bertz CT molecular complexity index is 490. The van der Waals surface area contributed by atoms with Crippen molar-refractivity contribution in [1.29, 1.82) is 0 Å². The van der Waals surface area contributed by atoms with Crippen LogP contribution >= 0.6 is 24.9 Å². The normalized spacial score (nSPS) is 10.4. The van der Waals surface area contributed by atoms with Crippen LogP contribution in [-0.2, 0) is 0 Å². The first-order chi connectivity index (χ1) is 9.65. The summed E-state index contributed by atoms with van der Waals surface area (Å²) in [5.41, 5.74) is 0.590. The minimum atomic E-state index is -0.356. The van der Waals surface area contributed by atoms with Crippen LogP contribution in [0.1, 0.15) is 13.8 Å². The molecule has 114 valence electrons. The predicted molar refractivity (Wildman–Crippen MR) is 97.6 cm³/mol. The molecule has 0 amide bonds. The Balaban J connectivity index is 0.00000220. The van der Waals surface area contributed by atoms with Crippen LogP contribution in [-0.4, -0.2) is 19.9 Å². The quantitative estimate of drug-likeness (QED) is 0.739. The largest absolute Gasteiger partial charge is 0.497 e. The van der Waals surface area contributed by atoms with Crippen LogP contribution in [0.3, 0.4) is 0 Å². The standard InChI is InChI=1S/C17H21O2P.BrH/c1-13(2)20(16-9-5-14(18-3)6-10-16)17-11-7-15(19-4)8-12-17;/h5-13H,1-4H3;1H. The third-order valence-electron chi connectivity index (χ3n) is 3.22. The highest BCUT2D eigenvalue weighted by Crippen LogP contribution is 2.39. The molecule has 0 fully saturated rings. The molecule has 0 aliphatic rings. The van der Waals surface area contributed by atoms with Crippen LogP contribution in [0.5, 0.6) is 11.5 Å². The molecule has 2 rings (SSSR count). The summed E-state index contributed by atoms with van der Waals surface area (Å²) < 4.78 is 10.5. The smallest absolute Gasteiger partial charge is 0.118 e. The van der Waals surface area contributed by atoms with Crippen molar-refractivity contribution < 1.29 is 9.47 Å². The molecule has 0 N–H and O–H groups in total. The van der Waals surface area contributed by atoms with Crippen LogP contribution in [0.15, 0.2) is 48.5 Å². The van der Waals surface area contributed by atoms with Crippen molar-refractivity contribution in [1.82, 2.24) is 0 Å². The maximum absolute atomic E-state index is 5.24. The van der Waals surface area contributed by atoms with Gasteiger partial charge < -0.3 is 9.47 Å². The maximum Gasteiger partial charge on any atom is 0.118 e. The summed E-state index contributed by atoms with van der Waals surface area (Å²) in [5.74, 6) is 1.81. The molecular weight excluding hydrogens is 347 g/mol. The topological polar surface area (TPSA) is 18.5 Å². The second-order valence-electron chi connectivity index (χ2n) is 4.86. The lowest BCUT2D eigenvalue weighted by Crippen LogP contribution is -2.17. The fourth-order valence-electron chi connectivity index (χ4n) is 2.23. The van der Waals surface area contributed by atoms with E-state index in [0.717, 1.165) is 11.5 Å². The number of hydrogen-bond acceptors (Lipinski definition) is 2. The molecule has 0 bridgehead atoms. The molecule has 0 aliphatic heterocycles. The van der Waals surface area contributed by atoms with E-state index < -0.39 is 0 Å². The lowest BCUT2D eigenvalue weighted by Gasteiger charge is -2.23. The zero-order valence-corrected chi connectivity index (χ0v) is 15.5. The maximum atomic E-state index is 5.24. The summed E-state index contributed by atoms with van der Waals surface area (Å²) in [6, 6.07) is 16.9. The van der Waals surface area contributed by atoms with Crippen LogP contribution in [0.25, 0.3) is 0 Å². The summed E-state index contributed by atoms with van der Waals surface area (Å²) in [6.45, 7) is 4.56. The Kier molecular flexibility index (Phi) is 7.21. The van der Waals surface area contributed by atoms with Crippen molar-refractivity contribution in [3.8, 4) is 11.5 Å². The SMILES string of the molecule is Br.COc1ccc(P(c2ccc(OC)cc2)C(C)C)cc1. The molecule has 0 spiro atoms. The summed E-state index contributed by atoms with van der Waals surface area (Å²) in [4.78, 5) is 0. The van der Waals surface area contributed by atoms with E-state index in [0.29, 0.717) is 5.66 Å². The number of benzene rings is 2. The Hall–Kier alpha value is -1.05. The van der Waals surface area contributed by atoms with Crippen molar-refractivity contribution >= 4 is 35.5 Å². The monoisotopic (exact) mass is 368 g/mol. The van der Waals surface area contributed by atoms with Gasteiger partial charge in [0.05, 0.1) is 14.2 Å². The highest BCUT2D eigenvalue weighted by atomic mass is 79.9. The molecule has 0 heterocycles. The van der Waals surface area contributed by atoms with Gasteiger partial charge in [-0.2, -0.15) is 0 Å². The van der Waals surface area contributed by atoms with Gasteiger partial charge in [-0.05, 0) is 48.5 Å². The predicted octanol–water partition coefficient (Wildman–Crippen LogP) is 4.12. The van der Waals surface area contributed by atoms with Crippen molar-refractivity contribution in [3.05, 3.63) is 48.5 Å². The average molecular weight is 369 g/mol. The number of halogens is 1. The minimum absolute atomic E-state index is 0. The van der Waals surface area contributed by atoms with Crippen LogP contribution in [0, 0.1) is 0 Å². The van der Waals surface area contributed by atoms with E-state index in [1.807, 2.05) is 24.3 Å². The lowest BCUT2D eigenvalue weighted by atomic mass is 10.3. The second kappa shape index (κ2) is 8.41. The van der Waals surface area contributed by atoms with Gasteiger partial charge in [0, 0.05) is 0 Å². The Morgan fingerprint density at radius 2 is 1.05 bits per heavy atom. The second-order valence-corrected chi connectivity index (χ2v) is 7.67. The van der Waals surface area contributed by atoms with Crippen LogP contribution in [0.2, 0.25) is 0 Å². The van der Waals surface area contributed by atoms with E-state index in [1.165, 1.54) is 10.6 Å². The molecule has 2 aromatic carbocycles. The molecule has 0 atom stereocenters. The summed E-state index contributed by atoms with van der Waals surface area (Å²) in [6.07, 6.45) is 0.